The molecule has 2 aromatic rings. The normalized spacial score (nSPS) is 18.5. The second kappa shape index (κ2) is 5.12. The van der Waals surface area contributed by atoms with Crippen LogP contribution in [-0.4, -0.2) is 22.5 Å². The summed E-state index contributed by atoms with van der Waals surface area (Å²) in [7, 11) is 0. The summed E-state index contributed by atoms with van der Waals surface area (Å²) in [4.78, 5) is 14.5. The van der Waals surface area contributed by atoms with Gasteiger partial charge in [0.05, 0.1) is 11.7 Å². The third-order valence-corrected chi connectivity index (χ3v) is 3.79. The zero-order chi connectivity index (χ0) is 14.1. The summed E-state index contributed by atoms with van der Waals surface area (Å²) < 4.78 is 5.34. The first kappa shape index (κ1) is 12.9. The lowest BCUT2D eigenvalue weighted by Crippen LogP contribution is -2.30. The topological polar surface area (TPSA) is 46.3 Å². The molecule has 1 fully saturated rings. The van der Waals surface area contributed by atoms with Gasteiger partial charge in [-0.2, -0.15) is 0 Å². The fourth-order valence-electron chi connectivity index (χ4n) is 2.71. The van der Waals surface area contributed by atoms with Crippen LogP contribution in [0.5, 0.6) is 0 Å². The molecule has 0 radical (unpaired) electrons. The fourth-order valence-corrected chi connectivity index (χ4v) is 2.71. The van der Waals surface area contributed by atoms with Gasteiger partial charge < -0.3 is 9.42 Å². The van der Waals surface area contributed by atoms with Crippen molar-refractivity contribution < 1.29 is 9.32 Å². The molecular weight excluding hydrogens is 252 g/mol. The van der Waals surface area contributed by atoms with Gasteiger partial charge in [0.25, 0.3) is 5.91 Å². The molecule has 1 aliphatic heterocycles. The van der Waals surface area contributed by atoms with Crippen LogP contribution in [0.3, 0.4) is 0 Å². The standard InChI is InChI=1S/C16H18N2O2/c1-11-5-7-13(8-6-11)16(19)18-9-3-4-14(18)15-10-12(2)17-20-15/h5-8,10,14H,3-4,9H2,1-2H3/t14-/m1/s1. The van der Waals surface area contributed by atoms with Gasteiger partial charge in [-0.3, -0.25) is 4.79 Å². The minimum Gasteiger partial charge on any atom is -0.359 e. The lowest BCUT2D eigenvalue weighted by molar-refractivity contribution is 0.0714. The van der Waals surface area contributed by atoms with Crippen molar-refractivity contribution in [2.45, 2.75) is 32.7 Å². The van der Waals surface area contributed by atoms with Crippen molar-refractivity contribution in [1.82, 2.24) is 10.1 Å². The van der Waals surface area contributed by atoms with E-state index in [1.807, 2.05) is 49.1 Å². The van der Waals surface area contributed by atoms with Crippen molar-refractivity contribution in [3.05, 3.63) is 52.9 Å². The van der Waals surface area contributed by atoms with Crippen molar-refractivity contribution >= 4 is 5.91 Å². The van der Waals surface area contributed by atoms with Gasteiger partial charge in [-0.25, -0.2) is 0 Å². The zero-order valence-electron chi connectivity index (χ0n) is 11.8. The predicted octanol–water partition coefficient (Wildman–Crippen LogP) is 3.27. The quantitative estimate of drug-likeness (QED) is 0.841. The molecule has 0 spiro atoms. The number of aromatic nitrogens is 1. The summed E-state index contributed by atoms with van der Waals surface area (Å²) in [6.45, 7) is 4.69. The third-order valence-electron chi connectivity index (χ3n) is 3.79. The molecule has 1 aromatic carbocycles. The number of aryl methyl sites for hydroxylation is 2. The number of benzene rings is 1. The Balaban J connectivity index is 1.85. The van der Waals surface area contributed by atoms with Crippen LogP contribution in [0.1, 0.15) is 46.3 Å². The van der Waals surface area contributed by atoms with Crippen LogP contribution in [0.2, 0.25) is 0 Å². The van der Waals surface area contributed by atoms with E-state index in [-0.39, 0.29) is 11.9 Å². The Morgan fingerprint density at radius 1 is 1.30 bits per heavy atom. The Bertz CT molecular complexity index is 616. The highest BCUT2D eigenvalue weighted by atomic mass is 16.5. The molecule has 0 unspecified atom stereocenters. The van der Waals surface area contributed by atoms with Crippen LogP contribution in [0.25, 0.3) is 0 Å². The number of likely N-dealkylation sites (tertiary alicyclic amines) is 1. The number of carbonyl (C=O) groups is 1. The number of hydrogen-bond donors (Lipinski definition) is 0. The minimum atomic E-state index is 0.0185. The molecule has 4 heteroatoms. The van der Waals surface area contributed by atoms with Crippen molar-refractivity contribution in [2.24, 2.45) is 0 Å². The Labute approximate surface area is 118 Å². The number of carbonyl (C=O) groups excluding carboxylic acids is 1. The number of nitrogens with zero attached hydrogens (tertiary/aromatic N) is 2. The smallest absolute Gasteiger partial charge is 0.254 e. The molecular formula is C16H18N2O2. The summed E-state index contributed by atoms with van der Waals surface area (Å²) >= 11 is 0. The Kier molecular flexibility index (Phi) is 3.30. The third kappa shape index (κ3) is 2.33. The lowest BCUT2D eigenvalue weighted by Gasteiger charge is -2.22. The average Bonchev–Trinajstić information content (AvgIpc) is 3.07. The van der Waals surface area contributed by atoms with E-state index in [0.717, 1.165) is 42.0 Å². The van der Waals surface area contributed by atoms with Gasteiger partial charge in [-0.05, 0) is 38.8 Å². The first-order chi connectivity index (χ1) is 9.65. The second-order valence-electron chi connectivity index (χ2n) is 5.39. The monoisotopic (exact) mass is 270 g/mol. The van der Waals surface area contributed by atoms with Crippen LogP contribution in [-0.2, 0) is 0 Å². The molecule has 1 aromatic heterocycles. The van der Waals surface area contributed by atoms with E-state index in [1.54, 1.807) is 0 Å². The summed E-state index contributed by atoms with van der Waals surface area (Å²) in [6.07, 6.45) is 1.94. The van der Waals surface area contributed by atoms with Gasteiger partial charge in [0, 0.05) is 18.2 Å². The molecule has 1 atom stereocenters. The number of amides is 1. The Morgan fingerprint density at radius 2 is 2.05 bits per heavy atom. The Morgan fingerprint density at radius 3 is 2.70 bits per heavy atom. The first-order valence-electron chi connectivity index (χ1n) is 6.96. The number of hydrogen-bond acceptors (Lipinski definition) is 3. The van der Waals surface area contributed by atoms with E-state index in [2.05, 4.69) is 5.16 Å². The maximum atomic E-state index is 12.6. The van der Waals surface area contributed by atoms with E-state index in [0.29, 0.717) is 0 Å². The zero-order valence-corrected chi connectivity index (χ0v) is 11.8. The molecule has 1 aliphatic rings. The van der Waals surface area contributed by atoms with E-state index in [1.165, 1.54) is 0 Å². The van der Waals surface area contributed by atoms with Crippen molar-refractivity contribution in [1.29, 1.82) is 0 Å². The minimum absolute atomic E-state index is 0.0185. The maximum Gasteiger partial charge on any atom is 0.254 e. The lowest BCUT2D eigenvalue weighted by atomic mass is 10.1. The van der Waals surface area contributed by atoms with Gasteiger partial charge in [-0.15, -0.1) is 0 Å². The molecule has 3 rings (SSSR count). The molecule has 104 valence electrons. The molecule has 2 heterocycles. The second-order valence-corrected chi connectivity index (χ2v) is 5.39. The molecule has 0 aliphatic carbocycles. The highest BCUT2D eigenvalue weighted by molar-refractivity contribution is 5.94. The molecule has 0 saturated carbocycles. The van der Waals surface area contributed by atoms with Crippen molar-refractivity contribution in [3.63, 3.8) is 0 Å². The molecule has 0 N–H and O–H groups in total. The summed E-state index contributed by atoms with van der Waals surface area (Å²) in [5.41, 5.74) is 2.75. The van der Waals surface area contributed by atoms with Crippen LogP contribution in [0.15, 0.2) is 34.9 Å². The predicted molar refractivity (Wildman–Crippen MR) is 75.4 cm³/mol. The molecule has 4 nitrogen and oxygen atoms in total. The van der Waals surface area contributed by atoms with Crippen LogP contribution in [0, 0.1) is 13.8 Å². The molecule has 1 saturated heterocycles. The van der Waals surface area contributed by atoms with E-state index >= 15 is 0 Å². The molecule has 20 heavy (non-hydrogen) atoms. The number of rotatable bonds is 2. The van der Waals surface area contributed by atoms with Crippen LogP contribution in [0.4, 0.5) is 0 Å². The average molecular weight is 270 g/mol. The van der Waals surface area contributed by atoms with Gasteiger partial charge in [-0.1, -0.05) is 22.9 Å². The highest BCUT2D eigenvalue weighted by Gasteiger charge is 2.33. The fraction of sp³-hybridized carbons (Fsp3) is 0.375. The molecule has 1 amide bonds. The summed E-state index contributed by atoms with van der Waals surface area (Å²) in [6, 6.07) is 9.65. The van der Waals surface area contributed by atoms with Gasteiger partial charge in [0.15, 0.2) is 5.76 Å². The van der Waals surface area contributed by atoms with Gasteiger partial charge >= 0.3 is 0 Å². The van der Waals surface area contributed by atoms with E-state index in [4.69, 9.17) is 4.52 Å². The van der Waals surface area contributed by atoms with E-state index in [9.17, 15) is 4.79 Å². The SMILES string of the molecule is Cc1ccc(C(=O)N2CCC[C@@H]2c2cc(C)no2)cc1. The Hall–Kier alpha value is -2.10. The summed E-state index contributed by atoms with van der Waals surface area (Å²) in [5.74, 6) is 0.863. The maximum absolute atomic E-state index is 12.6. The van der Waals surface area contributed by atoms with Crippen molar-refractivity contribution in [2.75, 3.05) is 6.54 Å². The van der Waals surface area contributed by atoms with Crippen LogP contribution < -0.4 is 0 Å². The first-order valence-corrected chi connectivity index (χ1v) is 6.96. The van der Waals surface area contributed by atoms with Crippen LogP contribution >= 0.6 is 0 Å². The van der Waals surface area contributed by atoms with Crippen molar-refractivity contribution in [3.8, 4) is 0 Å². The van der Waals surface area contributed by atoms with Gasteiger partial charge in [0.2, 0.25) is 0 Å². The largest absolute Gasteiger partial charge is 0.359 e. The molecule has 0 bridgehead atoms. The summed E-state index contributed by atoms with van der Waals surface area (Å²) in [5, 5.41) is 3.93. The van der Waals surface area contributed by atoms with E-state index < -0.39 is 0 Å². The van der Waals surface area contributed by atoms with Gasteiger partial charge in [0.1, 0.15) is 0 Å². The highest BCUT2D eigenvalue weighted by Crippen LogP contribution is 2.33.